The molecule has 2 aliphatic carbocycles. The fourth-order valence-corrected chi connectivity index (χ4v) is 6.46. The quantitative estimate of drug-likeness (QED) is 0.621. The number of rotatable bonds is 6. The van der Waals surface area contributed by atoms with Crippen LogP contribution in [0.5, 0.6) is 0 Å². The maximum Gasteiger partial charge on any atom is 0.0505 e. The molecule has 29 heavy (non-hydrogen) atoms. The number of aryl methyl sites for hydroxylation is 1. The van der Waals surface area contributed by atoms with E-state index in [2.05, 4.69) is 46.4 Å². The normalized spacial score (nSPS) is 23.1. The number of aromatic nitrogens is 1. The van der Waals surface area contributed by atoms with Gasteiger partial charge in [-0.15, -0.1) is 0 Å². The maximum atomic E-state index is 2.80. The van der Waals surface area contributed by atoms with Gasteiger partial charge in [0.2, 0.25) is 0 Å². The SMILES string of the molecule is CCN(CC)CCN1CCn2c3c(c4cc(C5CCCCC5)ccc42)CCC[C@@H]31. The average Bonchev–Trinajstić information content (AvgIpc) is 3.11. The van der Waals surface area contributed by atoms with Gasteiger partial charge in [-0.25, -0.2) is 0 Å². The van der Waals surface area contributed by atoms with E-state index in [1.165, 1.54) is 96.2 Å². The van der Waals surface area contributed by atoms with E-state index in [1.54, 1.807) is 22.2 Å². The second kappa shape index (κ2) is 8.43. The Balaban J connectivity index is 1.46. The highest BCUT2D eigenvalue weighted by Crippen LogP contribution is 2.44. The summed E-state index contributed by atoms with van der Waals surface area (Å²) in [5.74, 6) is 0.808. The van der Waals surface area contributed by atoms with E-state index in [1.807, 2.05) is 0 Å². The largest absolute Gasteiger partial charge is 0.342 e. The molecule has 3 nitrogen and oxygen atoms in total. The van der Waals surface area contributed by atoms with E-state index in [4.69, 9.17) is 0 Å². The Morgan fingerprint density at radius 2 is 1.79 bits per heavy atom. The molecule has 1 aromatic carbocycles. The molecule has 3 aliphatic rings. The summed E-state index contributed by atoms with van der Waals surface area (Å²) < 4.78 is 2.70. The molecule has 0 unspecified atom stereocenters. The third kappa shape index (κ3) is 3.55. The molecule has 0 bridgehead atoms. The third-order valence-corrected chi connectivity index (χ3v) is 8.18. The molecule has 1 aliphatic heterocycles. The van der Waals surface area contributed by atoms with Gasteiger partial charge in [-0.3, -0.25) is 4.90 Å². The molecular formula is C26H39N3. The van der Waals surface area contributed by atoms with Gasteiger partial charge in [0.1, 0.15) is 0 Å². The summed E-state index contributed by atoms with van der Waals surface area (Å²) in [5, 5.41) is 1.60. The lowest BCUT2D eigenvalue weighted by Gasteiger charge is -2.40. The summed E-state index contributed by atoms with van der Waals surface area (Å²) in [6.07, 6.45) is 11.1. The Labute approximate surface area is 177 Å². The molecule has 0 N–H and O–H groups in total. The molecule has 3 heteroatoms. The van der Waals surface area contributed by atoms with Crippen LogP contribution in [0.1, 0.15) is 87.6 Å². The summed E-state index contributed by atoms with van der Waals surface area (Å²) in [7, 11) is 0. The van der Waals surface area contributed by atoms with Gasteiger partial charge in [0.15, 0.2) is 0 Å². The lowest BCUT2D eigenvalue weighted by Crippen LogP contribution is -2.43. The minimum atomic E-state index is 0.647. The summed E-state index contributed by atoms with van der Waals surface area (Å²) in [6, 6.07) is 8.19. The zero-order valence-electron chi connectivity index (χ0n) is 18.6. The fourth-order valence-electron chi connectivity index (χ4n) is 6.46. The van der Waals surface area contributed by atoms with Crippen LogP contribution in [0.2, 0.25) is 0 Å². The van der Waals surface area contributed by atoms with Crippen molar-refractivity contribution in [1.29, 1.82) is 0 Å². The smallest absolute Gasteiger partial charge is 0.0505 e. The van der Waals surface area contributed by atoms with Gasteiger partial charge in [-0.2, -0.15) is 0 Å². The molecule has 0 spiro atoms. The van der Waals surface area contributed by atoms with E-state index >= 15 is 0 Å². The lowest BCUT2D eigenvalue weighted by atomic mass is 9.83. The minimum Gasteiger partial charge on any atom is -0.342 e. The Bertz CT molecular complexity index is 841. The van der Waals surface area contributed by atoms with Gasteiger partial charge in [0.05, 0.1) is 6.04 Å². The number of benzene rings is 1. The lowest BCUT2D eigenvalue weighted by molar-refractivity contribution is 0.122. The number of hydrogen-bond acceptors (Lipinski definition) is 2. The molecule has 0 amide bonds. The van der Waals surface area contributed by atoms with Gasteiger partial charge in [0, 0.05) is 42.8 Å². The average molecular weight is 394 g/mol. The van der Waals surface area contributed by atoms with Crippen molar-refractivity contribution in [3.63, 3.8) is 0 Å². The number of fused-ring (bicyclic) bond motifs is 3. The first-order chi connectivity index (χ1) is 14.3. The summed E-state index contributed by atoms with van der Waals surface area (Å²) in [6.45, 7) is 11.7. The summed E-state index contributed by atoms with van der Waals surface area (Å²) in [4.78, 5) is 5.38. The zero-order valence-corrected chi connectivity index (χ0v) is 18.6. The molecule has 0 saturated heterocycles. The first-order valence-electron chi connectivity index (χ1n) is 12.4. The number of likely N-dealkylation sites (N-methyl/N-ethyl adjacent to an activating group) is 1. The molecule has 1 aromatic heterocycles. The Kier molecular flexibility index (Phi) is 5.71. The van der Waals surface area contributed by atoms with Gasteiger partial charge >= 0.3 is 0 Å². The molecule has 158 valence electrons. The third-order valence-electron chi connectivity index (χ3n) is 8.18. The van der Waals surface area contributed by atoms with Crippen LogP contribution in [-0.4, -0.2) is 47.1 Å². The van der Waals surface area contributed by atoms with E-state index in [9.17, 15) is 0 Å². The Morgan fingerprint density at radius 3 is 2.59 bits per heavy atom. The monoisotopic (exact) mass is 393 g/mol. The van der Waals surface area contributed by atoms with Crippen molar-refractivity contribution in [2.75, 3.05) is 32.7 Å². The van der Waals surface area contributed by atoms with Gasteiger partial charge in [-0.05, 0) is 74.4 Å². The van der Waals surface area contributed by atoms with E-state index in [0.29, 0.717) is 6.04 Å². The summed E-state index contributed by atoms with van der Waals surface area (Å²) in [5.41, 5.74) is 6.51. The first-order valence-corrected chi connectivity index (χ1v) is 12.4. The van der Waals surface area contributed by atoms with Crippen molar-refractivity contribution in [2.24, 2.45) is 0 Å². The second-order valence-corrected chi connectivity index (χ2v) is 9.60. The Morgan fingerprint density at radius 1 is 0.966 bits per heavy atom. The topological polar surface area (TPSA) is 11.4 Å². The van der Waals surface area contributed by atoms with Crippen LogP contribution in [-0.2, 0) is 13.0 Å². The molecule has 1 fully saturated rings. The second-order valence-electron chi connectivity index (χ2n) is 9.60. The molecule has 2 aromatic rings. The van der Waals surface area contributed by atoms with Crippen molar-refractivity contribution in [3.8, 4) is 0 Å². The van der Waals surface area contributed by atoms with Gasteiger partial charge < -0.3 is 9.47 Å². The standard InChI is InChI=1S/C26H39N3/c1-3-27(4-2)15-16-28-17-18-29-24-14-13-21(20-9-6-5-7-10-20)19-23(24)22-11-8-12-25(28)26(22)29/h13-14,19-20,25H,3-12,15-18H2,1-2H3/t25-/m0/s1. The van der Waals surface area contributed by atoms with Gasteiger partial charge in [-0.1, -0.05) is 39.2 Å². The molecule has 0 radical (unpaired) electrons. The van der Waals surface area contributed by atoms with Crippen molar-refractivity contribution in [3.05, 3.63) is 35.0 Å². The molecule has 1 saturated carbocycles. The Hall–Kier alpha value is -1.32. The molecule has 1 atom stereocenters. The molecule has 2 heterocycles. The maximum absolute atomic E-state index is 2.80. The van der Waals surface area contributed by atoms with Crippen molar-refractivity contribution in [1.82, 2.24) is 14.4 Å². The van der Waals surface area contributed by atoms with Crippen LogP contribution in [0.15, 0.2) is 18.2 Å². The highest BCUT2D eigenvalue weighted by molar-refractivity contribution is 5.87. The van der Waals surface area contributed by atoms with E-state index in [-0.39, 0.29) is 0 Å². The minimum absolute atomic E-state index is 0.647. The zero-order chi connectivity index (χ0) is 19.8. The highest BCUT2D eigenvalue weighted by atomic mass is 15.3. The van der Waals surface area contributed by atoms with Crippen LogP contribution >= 0.6 is 0 Å². The van der Waals surface area contributed by atoms with Crippen LogP contribution in [0, 0.1) is 0 Å². The highest BCUT2D eigenvalue weighted by Gasteiger charge is 2.34. The van der Waals surface area contributed by atoms with Gasteiger partial charge in [0.25, 0.3) is 0 Å². The molecule has 5 rings (SSSR count). The predicted molar refractivity (Wildman–Crippen MR) is 123 cm³/mol. The number of hydrogen-bond donors (Lipinski definition) is 0. The number of nitrogens with zero attached hydrogens (tertiary/aromatic N) is 3. The summed E-state index contributed by atoms with van der Waals surface area (Å²) >= 11 is 0. The van der Waals surface area contributed by atoms with Crippen LogP contribution in [0.25, 0.3) is 10.9 Å². The van der Waals surface area contributed by atoms with E-state index < -0.39 is 0 Å². The van der Waals surface area contributed by atoms with E-state index in [0.717, 1.165) is 5.92 Å². The van der Waals surface area contributed by atoms with Crippen LogP contribution < -0.4 is 0 Å². The van der Waals surface area contributed by atoms with Crippen molar-refractivity contribution >= 4 is 10.9 Å². The van der Waals surface area contributed by atoms with Crippen molar-refractivity contribution < 1.29 is 0 Å². The molecular weight excluding hydrogens is 354 g/mol. The van der Waals surface area contributed by atoms with Crippen molar-refractivity contribution in [2.45, 2.75) is 83.7 Å². The van der Waals surface area contributed by atoms with Crippen LogP contribution in [0.3, 0.4) is 0 Å². The fraction of sp³-hybridized carbons (Fsp3) is 0.692. The predicted octanol–water partition coefficient (Wildman–Crippen LogP) is 5.72. The first kappa shape index (κ1) is 19.6. The van der Waals surface area contributed by atoms with Crippen LogP contribution in [0.4, 0.5) is 0 Å².